The average Bonchev–Trinajstić information content (AvgIpc) is 2.55. The Hall–Kier alpha value is -2.71. The summed E-state index contributed by atoms with van der Waals surface area (Å²) >= 11 is 0. The maximum absolute atomic E-state index is 11.1. The van der Waals surface area contributed by atoms with Crippen molar-refractivity contribution < 1.29 is 17.9 Å². The summed E-state index contributed by atoms with van der Waals surface area (Å²) in [5.41, 5.74) is 1.11. The topological polar surface area (TPSA) is 104 Å². The predicted octanol–water partition coefficient (Wildman–Crippen LogP) is 2.22. The molecule has 0 bridgehead atoms. The van der Waals surface area contributed by atoms with Gasteiger partial charge in [-0.2, -0.15) is 4.98 Å². The summed E-state index contributed by atoms with van der Waals surface area (Å²) in [4.78, 5) is 8.45. The molecule has 2 N–H and O–H groups in total. The predicted molar refractivity (Wildman–Crippen MR) is 89.4 cm³/mol. The maximum atomic E-state index is 11.1. The molecule has 0 saturated carbocycles. The van der Waals surface area contributed by atoms with Gasteiger partial charge in [0.2, 0.25) is 15.9 Å². The first-order valence-electron chi connectivity index (χ1n) is 7.01. The van der Waals surface area contributed by atoms with Crippen molar-refractivity contribution in [1.82, 2.24) is 9.97 Å². The van der Waals surface area contributed by atoms with E-state index in [1.807, 2.05) is 6.07 Å². The van der Waals surface area contributed by atoms with E-state index in [0.29, 0.717) is 28.6 Å². The Labute approximate surface area is 139 Å². The molecule has 0 spiro atoms. The lowest BCUT2D eigenvalue weighted by molar-refractivity contribution is 0.399. The van der Waals surface area contributed by atoms with Crippen LogP contribution >= 0.6 is 0 Å². The van der Waals surface area contributed by atoms with Gasteiger partial charge in [0.1, 0.15) is 11.5 Å². The molecule has 0 aliphatic rings. The molecular formula is C16H15N3O4S. The number of methoxy groups -OCH3 is 1. The summed E-state index contributed by atoms with van der Waals surface area (Å²) in [6.07, 6.45) is 1.60. The fourth-order valence-corrected chi connectivity index (χ4v) is 2.86. The Balaban J connectivity index is 1.87. The van der Waals surface area contributed by atoms with E-state index in [9.17, 15) is 8.42 Å². The molecule has 0 saturated heterocycles. The van der Waals surface area contributed by atoms with E-state index in [1.165, 1.54) is 7.11 Å². The van der Waals surface area contributed by atoms with Crippen LogP contribution in [0.1, 0.15) is 5.56 Å². The van der Waals surface area contributed by atoms with Gasteiger partial charge in [-0.1, -0.05) is 12.1 Å². The van der Waals surface area contributed by atoms with Crippen molar-refractivity contribution in [2.45, 2.75) is 5.75 Å². The number of sulfonamides is 1. The largest absolute Gasteiger partial charge is 0.481 e. The summed E-state index contributed by atoms with van der Waals surface area (Å²) in [6, 6.07) is 12.0. The number of aromatic nitrogens is 2. The van der Waals surface area contributed by atoms with Crippen LogP contribution in [0.4, 0.5) is 0 Å². The Morgan fingerprint density at radius 1 is 1.08 bits per heavy atom. The fraction of sp³-hybridized carbons (Fsp3) is 0.125. The van der Waals surface area contributed by atoms with E-state index >= 15 is 0 Å². The van der Waals surface area contributed by atoms with Gasteiger partial charge in [-0.15, -0.1) is 0 Å². The molecule has 2 aromatic heterocycles. The molecule has 0 aliphatic heterocycles. The minimum Gasteiger partial charge on any atom is -0.481 e. The summed E-state index contributed by atoms with van der Waals surface area (Å²) < 4.78 is 33.1. The van der Waals surface area contributed by atoms with Gasteiger partial charge in [0, 0.05) is 12.3 Å². The molecule has 0 radical (unpaired) electrons. The normalized spacial score (nSPS) is 11.4. The minimum atomic E-state index is -3.55. The van der Waals surface area contributed by atoms with Crippen LogP contribution in [0.2, 0.25) is 0 Å². The van der Waals surface area contributed by atoms with Crippen LogP contribution in [0.25, 0.3) is 11.0 Å². The number of nitrogens with two attached hydrogens (primary N) is 1. The standard InChI is InChI=1S/C16H15N3O4S/c1-22-15-7-6-13-14(8-9-18-16(13)19-15)23-12-4-2-11(3-5-12)10-24(17,20)21/h2-9H,10H2,1H3,(H2,17,20,21). The molecule has 0 aliphatic carbocycles. The molecule has 2 heterocycles. The quantitative estimate of drug-likeness (QED) is 0.760. The highest BCUT2D eigenvalue weighted by Gasteiger charge is 2.08. The Morgan fingerprint density at radius 3 is 2.50 bits per heavy atom. The second-order valence-electron chi connectivity index (χ2n) is 5.09. The molecule has 3 rings (SSSR count). The number of nitrogens with zero attached hydrogens (tertiary/aromatic N) is 2. The van der Waals surface area contributed by atoms with Crippen molar-refractivity contribution in [1.29, 1.82) is 0 Å². The average molecular weight is 345 g/mol. The van der Waals surface area contributed by atoms with Crippen molar-refractivity contribution in [2.24, 2.45) is 5.14 Å². The lowest BCUT2D eigenvalue weighted by Gasteiger charge is -2.09. The van der Waals surface area contributed by atoms with E-state index in [4.69, 9.17) is 14.6 Å². The first-order valence-corrected chi connectivity index (χ1v) is 8.73. The SMILES string of the molecule is COc1ccc2c(Oc3ccc(CS(N)(=O)=O)cc3)ccnc2n1. The van der Waals surface area contributed by atoms with Gasteiger partial charge in [-0.05, 0) is 29.8 Å². The number of hydrogen-bond acceptors (Lipinski definition) is 6. The molecule has 0 atom stereocenters. The monoisotopic (exact) mass is 345 g/mol. The van der Waals surface area contributed by atoms with E-state index in [-0.39, 0.29) is 5.75 Å². The lowest BCUT2D eigenvalue weighted by Crippen LogP contribution is -2.14. The Morgan fingerprint density at radius 2 is 1.83 bits per heavy atom. The van der Waals surface area contributed by atoms with Gasteiger partial charge in [-0.3, -0.25) is 0 Å². The zero-order valence-corrected chi connectivity index (χ0v) is 13.7. The lowest BCUT2D eigenvalue weighted by atomic mass is 10.2. The molecular weight excluding hydrogens is 330 g/mol. The molecule has 7 nitrogen and oxygen atoms in total. The minimum absolute atomic E-state index is 0.213. The van der Waals surface area contributed by atoms with Crippen LogP contribution in [0.15, 0.2) is 48.7 Å². The Bertz CT molecular complexity index is 972. The zero-order valence-electron chi connectivity index (χ0n) is 12.8. The van der Waals surface area contributed by atoms with E-state index in [0.717, 1.165) is 5.39 Å². The number of primary sulfonamides is 1. The molecule has 0 unspecified atom stereocenters. The third-order valence-corrected chi connectivity index (χ3v) is 4.00. The summed E-state index contributed by atoms with van der Waals surface area (Å²) in [7, 11) is -2.01. The second kappa shape index (κ2) is 6.42. The van der Waals surface area contributed by atoms with Crippen LogP contribution in [-0.2, 0) is 15.8 Å². The number of pyridine rings is 2. The fourth-order valence-electron chi connectivity index (χ4n) is 2.20. The van der Waals surface area contributed by atoms with Crippen LogP contribution < -0.4 is 14.6 Å². The van der Waals surface area contributed by atoms with E-state index in [2.05, 4.69) is 9.97 Å². The molecule has 124 valence electrons. The third kappa shape index (κ3) is 3.79. The smallest absolute Gasteiger partial charge is 0.215 e. The number of benzene rings is 1. The van der Waals surface area contributed by atoms with Gasteiger partial charge < -0.3 is 9.47 Å². The molecule has 1 aromatic carbocycles. The molecule has 0 fully saturated rings. The highest BCUT2D eigenvalue weighted by atomic mass is 32.2. The highest BCUT2D eigenvalue weighted by Crippen LogP contribution is 2.29. The van der Waals surface area contributed by atoms with Gasteiger partial charge in [0.15, 0.2) is 5.65 Å². The van der Waals surface area contributed by atoms with Gasteiger partial charge in [0.25, 0.3) is 0 Å². The molecule has 24 heavy (non-hydrogen) atoms. The summed E-state index contributed by atoms with van der Waals surface area (Å²) in [5, 5.41) is 5.77. The van der Waals surface area contributed by atoms with Crippen molar-refractivity contribution in [3.05, 3.63) is 54.2 Å². The highest BCUT2D eigenvalue weighted by molar-refractivity contribution is 7.88. The number of hydrogen-bond donors (Lipinski definition) is 1. The van der Waals surface area contributed by atoms with Crippen LogP contribution in [0, 0.1) is 0 Å². The number of rotatable bonds is 5. The third-order valence-electron chi connectivity index (χ3n) is 3.27. The van der Waals surface area contributed by atoms with E-state index in [1.54, 1.807) is 42.6 Å². The van der Waals surface area contributed by atoms with Crippen molar-refractivity contribution in [3.63, 3.8) is 0 Å². The summed E-state index contributed by atoms with van der Waals surface area (Å²) in [5.74, 6) is 1.42. The second-order valence-corrected chi connectivity index (χ2v) is 6.70. The van der Waals surface area contributed by atoms with Gasteiger partial charge >= 0.3 is 0 Å². The summed E-state index contributed by atoms with van der Waals surface area (Å²) in [6.45, 7) is 0. The molecule has 3 aromatic rings. The van der Waals surface area contributed by atoms with Crippen LogP contribution in [-0.4, -0.2) is 25.5 Å². The van der Waals surface area contributed by atoms with E-state index < -0.39 is 10.0 Å². The number of ether oxygens (including phenoxy) is 2. The molecule has 0 amide bonds. The first kappa shape index (κ1) is 16.2. The van der Waals surface area contributed by atoms with Crippen LogP contribution in [0.5, 0.6) is 17.4 Å². The maximum Gasteiger partial charge on any atom is 0.215 e. The zero-order chi connectivity index (χ0) is 17.2. The van der Waals surface area contributed by atoms with Gasteiger partial charge in [0.05, 0.1) is 18.2 Å². The first-order chi connectivity index (χ1) is 11.4. The van der Waals surface area contributed by atoms with Crippen molar-refractivity contribution in [2.75, 3.05) is 7.11 Å². The van der Waals surface area contributed by atoms with Crippen LogP contribution in [0.3, 0.4) is 0 Å². The van der Waals surface area contributed by atoms with Gasteiger partial charge in [-0.25, -0.2) is 18.5 Å². The number of fused-ring (bicyclic) bond motifs is 1. The van der Waals surface area contributed by atoms with Crippen molar-refractivity contribution >= 4 is 21.1 Å². The molecule has 8 heteroatoms. The Kier molecular flexibility index (Phi) is 4.32. The van der Waals surface area contributed by atoms with Crippen molar-refractivity contribution in [3.8, 4) is 17.4 Å².